The number of nitrogens with zero attached hydrogens (tertiary/aromatic N) is 2. The van der Waals surface area contributed by atoms with Crippen LogP contribution in [0.2, 0.25) is 0 Å². The summed E-state index contributed by atoms with van der Waals surface area (Å²) in [6.07, 6.45) is -4.89. The van der Waals surface area contributed by atoms with Gasteiger partial charge in [0.05, 0.1) is 18.1 Å². The van der Waals surface area contributed by atoms with E-state index in [2.05, 4.69) is 20.6 Å². The molecule has 3 heterocycles. The zero-order valence-corrected chi connectivity index (χ0v) is 23.4. The molecule has 43 heavy (non-hydrogen) atoms. The molecule has 4 N–H and O–H groups in total. The summed E-state index contributed by atoms with van der Waals surface area (Å²) in [6, 6.07) is -1.10. The summed E-state index contributed by atoms with van der Waals surface area (Å²) < 4.78 is 67.0. The Labute approximate surface area is 242 Å². The van der Waals surface area contributed by atoms with Crippen LogP contribution in [-0.2, 0) is 30.3 Å². The lowest BCUT2D eigenvalue weighted by Gasteiger charge is -2.33. The van der Waals surface area contributed by atoms with Crippen LogP contribution in [0.5, 0.6) is 5.75 Å². The molecule has 0 aromatic carbocycles. The number of halogens is 4. The Hall–Kier alpha value is -4.34. The number of carbonyl (C=O) groups excluding carboxylic acids is 4. The van der Waals surface area contributed by atoms with Crippen molar-refractivity contribution in [3.05, 3.63) is 53.1 Å². The van der Waals surface area contributed by atoms with E-state index in [9.17, 15) is 47.0 Å². The van der Waals surface area contributed by atoms with Crippen LogP contribution in [-0.4, -0.2) is 74.3 Å². The first kappa shape index (κ1) is 33.2. The Morgan fingerprint density at radius 3 is 2.37 bits per heavy atom. The summed E-state index contributed by atoms with van der Waals surface area (Å²) >= 11 is 0. The fourth-order valence-corrected chi connectivity index (χ4v) is 4.30. The van der Waals surface area contributed by atoms with Crippen molar-refractivity contribution in [1.29, 1.82) is 0 Å². The van der Waals surface area contributed by atoms with E-state index in [1.165, 1.54) is 19.2 Å². The normalized spacial score (nSPS) is 25.2. The molecular formula is C27H30F4N4O8. The third-order valence-corrected chi connectivity index (χ3v) is 6.68. The molecule has 6 atom stereocenters. The molecule has 3 rings (SSSR count). The molecule has 1 fully saturated rings. The van der Waals surface area contributed by atoms with Gasteiger partial charge in [-0.15, -0.1) is 0 Å². The molecule has 0 aliphatic carbocycles. The number of ether oxygens (including phenoxy) is 2. The Morgan fingerprint density at radius 1 is 1.07 bits per heavy atom. The van der Waals surface area contributed by atoms with Crippen molar-refractivity contribution < 1.29 is 56.4 Å². The number of cyclic esters (lactones) is 2. The van der Waals surface area contributed by atoms with E-state index in [0.29, 0.717) is 0 Å². The highest BCUT2D eigenvalue weighted by molar-refractivity contribution is 5.98. The second kappa shape index (κ2) is 13.8. The fourth-order valence-electron chi connectivity index (χ4n) is 4.30. The molecule has 0 spiro atoms. The van der Waals surface area contributed by atoms with E-state index in [0.717, 1.165) is 13.0 Å². The Kier molecular flexibility index (Phi) is 10.6. The van der Waals surface area contributed by atoms with E-state index >= 15 is 0 Å². The Bertz CT molecular complexity index is 1390. The Morgan fingerprint density at radius 2 is 1.74 bits per heavy atom. The van der Waals surface area contributed by atoms with Crippen LogP contribution >= 0.6 is 0 Å². The van der Waals surface area contributed by atoms with Crippen molar-refractivity contribution in [3.63, 3.8) is 0 Å². The summed E-state index contributed by atoms with van der Waals surface area (Å²) in [5, 5.41) is 25.6. The second-order valence-corrected chi connectivity index (χ2v) is 10.4. The number of aliphatic hydroxyl groups excluding tert-OH is 1. The number of nitrogens with one attached hydrogen (secondary N) is 2. The average Bonchev–Trinajstić information content (AvgIpc) is 2.94. The largest absolute Gasteiger partial charge is 0.505 e. The van der Waals surface area contributed by atoms with Gasteiger partial charge in [0, 0.05) is 18.2 Å². The monoisotopic (exact) mass is 614 g/mol. The van der Waals surface area contributed by atoms with Crippen molar-refractivity contribution in [2.45, 2.75) is 70.9 Å². The van der Waals surface area contributed by atoms with Gasteiger partial charge in [0.15, 0.2) is 17.6 Å². The van der Waals surface area contributed by atoms with Gasteiger partial charge in [-0.25, -0.2) is 14.2 Å². The van der Waals surface area contributed by atoms with E-state index < -0.39 is 107 Å². The molecule has 0 saturated carbocycles. The molecule has 1 aliphatic rings. The number of hydrogen-bond donors (Lipinski definition) is 4. The lowest BCUT2D eigenvalue weighted by atomic mass is 9.92. The highest BCUT2D eigenvalue weighted by Crippen LogP contribution is 2.23. The highest BCUT2D eigenvalue weighted by atomic mass is 19.2. The maximum Gasteiger partial charge on any atom is 0.347 e. The number of carbonyl (C=O) groups is 4. The number of aromatic hydroxyl groups is 1. The van der Waals surface area contributed by atoms with Gasteiger partial charge in [0.1, 0.15) is 17.9 Å². The SMILES string of the molecule is CC(C)CC1OC(=O)[C@H](C)[C@H](O)[C@H](Cc2c(F)nc(F)c(F)c2F)NC(=O)[C@@H](NC(=O)c2ncccc2O)[C@@H](C)OC1=O. The van der Waals surface area contributed by atoms with Crippen LogP contribution in [0, 0.1) is 35.4 Å². The maximum atomic E-state index is 14.5. The van der Waals surface area contributed by atoms with Crippen molar-refractivity contribution in [2.24, 2.45) is 11.8 Å². The predicted molar refractivity (Wildman–Crippen MR) is 137 cm³/mol. The lowest BCUT2D eigenvalue weighted by molar-refractivity contribution is -0.178. The number of amides is 2. The number of hydrogen-bond acceptors (Lipinski definition) is 10. The fraction of sp³-hybridized carbons (Fsp3) is 0.481. The van der Waals surface area contributed by atoms with Gasteiger partial charge in [-0.1, -0.05) is 13.8 Å². The van der Waals surface area contributed by atoms with Crippen molar-refractivity contribution in [1.82, 2.24) is 20.6 Å². The zero-order chi connectivity index (χ0) is 32.2. The van der Waals surface area contributed by atoms with Crippen molar-refractivity contribution >= 4 is 23.8 Å². The molecule has 1 unspecified atom stereocenters. The van der Waals surface area contributed by atoms with Crippen molar-refractivity contribution in [3.8, 4) is 5.75 Å². The standard InChI is InChI=1S/C27H30F4N4O8/c1-10(2)8-16-27(41)42-12(4)19(34-25(39)20-15(36)6-5-7-32-20)24(38)33-14(21(37)11(3)26(40)43-16)9-13-17(28)18(29)23(31)35-22(13)30/h5-7,10-12,14,16,19,21,36-37H,8-9H2,1-4H3,(H,33,38)(H,34,39)/t11-,12-,14+,16?,19+,21+/m1/s1. The lowest BCUT2D eigenvalue weighted by Crippen LogP contribution is -2.59. The van der Waals surface area contributed by atoms with Crippen molar-refractivity contribution in [2.75, 3.05) is 0 Å². The molecule has 234 valence electrons. The molecule has 16 heteroatoms. The summed E-state index contributed by atoms with van der Waals surface area (Å²) in [6.45, 7) is 5.76. The van der Waals surface area contributed by atoms with E-state index in [1.807, 2.05) is 0 Å². The van der Waals surface area contributed by atoms with Crippen LogP contribution < -0.4 is 10.6 Å². The van der Waals surface area contributed by atoms with Crippen LogP contribution in [0.25, 0.3) is 0 Å². The second-order valence-electron chi connectivity index (χ2n) is 10.4. The third-order valence-electron chi connectivity index (χ3n) is 6.68. The first-order chi connectivity index (χ1) is 20.1. The molecular weight excluding hydrogens is 584 g/mol. The molecule has 2 aromatic rings. The molecule has 0 bridgehead atoms. The van der Waals surface area contributed by atoms with E-state index in [-0.39, 0.29) is 12.3 Å². The Balaban J connectivity index is 2.07. The summed E-state index contributed by atoms with van der Waals surface area (Å²) in [4.78, 5) is 58.7. The molecule has 1 saturated heterocycles. The van der Waals surface area contributed by atoms with Gasteiger partial charge >= 0.3 is 11.9 Å². The molecule has 12 nitrogen and oxygen atoms in total. The minimum absolute atomic E-state index is 0.0362. The van der Waals surface area contributed by atoms with Gasteiger partial charge in [-0.2, -0.15) is 18.2 Å². The van der Waals surface area contributed by atoms with E-state index in [1.54, 1.807) is 13.8 Å². The van der Waals surface area contributed by atoms with Gasteiger partial charge < -0.3 is 30.3 Å². The molecule has 1 aliphatic heterocycles. The maximum absolute atomic E-state index is 14.5. The minimum atomic E-state index is -2.12. The van der Waals surface area contributed by atoms with Crippen LogP contribution in [0.3, 0.4) is 0 Å². The van der Waals surface area contributed by atoms with Crippen LogP contribution in [0.15, 0.2) is 18.3 Å². The van der Waals surface area contributed by atoms with Crippen LogP contribution in [0.4, 0.5) is 17.6 Å². The van der Waals surface area contributed by atoms with Gasteiger partial charge in [0.2, 0.25) is 17.7 Å². The van der Waals surface area contributed by atoms with E-state index in [4.69, 9.17) is 9.47 Å². The number of esters is 2. The molecule has 2 aromatic heterocycles. The quantitative estimate of drug-likeness (QED) is 0.212. The minimum Gasteiger partial charge on any atom is -0.505 e. The number of aromatic nitrogens is 2. The molecule has 2 amide bonds. The summed E-state index contributed by atoms with van der Waals surface area (Å²) in [5.74, 6) is -14.7. The smallest absolute Gasteiger partial charge is 0.347 e. The highest BCUT2D eigenvalue weighted by Gasteiger charge is 2.41. The predicted octanol–water partition coefficient (Wildman–Crippen LogP) is 1.46. The topological polar surface area (TPSA) is 177 Å². The number of pyridine rings is 2. The first-order valence-corrected chi connectivity index (χ1v) is 13.1. The molecule has 0 radical (unpaired) electrons. The van der Waals surface area contributed by atoms with Gasteiger partial charge in [-0.05, 0) is 38.3 Å². The number of rotatable bonds is 6. The summed E-state index contributed by atoms with van der Waals surface area (Å²) in [7, 11) is 0. The first-order valence-electron chi connectivity index (χ1n) is 13.1. The van der Waals surface area contributed by atoms with Gasteiger partial charge in [0.25, 0.3) is 11.9 Å². The average molecular weight is 615 g/mol. The third kappa shape index (κ3) is 7.74. The number of aliphatic hydroxyl groups is 1. The zero-order valence-electron chi connectivity index (χ0n) is 23.4. The summed E-state index contributed by atoms with van der Waals surface area (Å²) in [5.41, 5.74) is -1.67. The van der Waals surface area contributed by atoms with Gasteiger partial charge in [-0.3, -0.25) is 14.4 Å². The van der Waals surface area contributed by atoms with Crippen LogP contribution in [0.1, 0.15) is 50.2 Å².